The molecule has 1 saturated heterocycles. The van der Waals surface area contributed by atoms with E-state index in [4.69, 9.17) is 5.11 Å². The van der Waals surface area contributed by atoms with Gasteiger partial charge < -0.3 is 10.0 Å². The lowest BCUT2D eigenvalue weighted by molar-refractivity contribution is -0.137. The van der Waals surface area contributed by atoms with Gasteiger partial charge in [-0.3, -0.25) is 14.6 Å². The first-order valence-electron chi connectivity index (χ1n) is 7.09. The highest BCUT2D eigenvalue weighted by Crippen LogP contribution is 2.32. The SMILES string of the molecule is O=C(O)CCCCC(=O)N1CCCC1c1cccnc1. The number of amides is 1. The fourth-order valence-corrected chi connectivity index (χ4v) is 2.68. The first-order chi connectivity index (χ1) is 9.68. The molecule has 0 spiro atoms. The van der Waals surface area contributed by atoms with Crippen LogP contribution in [0, 0.1) is 0 Å². The molecule has 1 fully saturated rings. The zero-order valence-electron chi connectivity index (χ0n) is 11.5. The Balaban J connectivity index is 1.87. The summed E-state index contributed by atoms with van der Waals surface area (Å²) in [6, 6.07) is 4.03. The maximum Gasteiger partial charge on any atom is 0.303 e. The Morgan fingerprint density at radius 2 is 2.15 bits per heavy atom. The Bertz CT molecular complexity index is 461. The minimum absolute atomic E-state index is 0.127. The molecule has 1 aliphatic heterocycles. The van der Waals surface area contributed by atoms with Gasteiger partial charge in [-0.1, -0.05) is 6.07 Å². The predicted molar refractivity (Wildman–Crippen MR) is 74.0 cm³/mol. The third-order valence-electron chi connectivity index (χ3n) is 3.67. The molecule has 1 atom stereocenters. The van der Waals surface area contributed by atoms with Gasteiger partial charge in [-0.2, -0.15) is 0 Å². The Hall–Kier alpha value is -1.91. The number of pyridine rings is 1. The predicted octanol–water partition coefficient (Wildman–Crippen LogP) is 2.39. The van der Waals surface area contributed by atoms with E-state index < -0.39 is 5.97 Å². The van der Waals surface area contributed by atoms with Gasteiger partial charge in [-0.05, 0) is 37.3 Å². The second-order valence-corrected chi connectivity index (χ2v) is 5.13. The molecule has 108 valence electrons. The molecular formula is C15H20N2O3. The van der Waals surface area contributed by atoms with E-state index >= 15 is 0 Å². The summed E-state index contributed by atoms with van der Waals surface area (Å²) in [5.74, 6) is -0.673. The second-order valence-electron chi connectivity index (χ2n) is 5.13. The Labute approximate surface area is 118 Å². The van der Waals surface area contributed by atoms with E-state index in [1.165, 1.54) is 0 Å². The van der Waals surface area contributed by atoms with Crippen LogP contribution in [0.3, 0.4) is 0 Å². The second kappa shape index (κ2) is 7.03. The first kappa shape index (κ1) is 14.5. The quantitative estimate of drug-likeness (QED) is 0.810. The molecule has 1 aromatic rings. The van der Waals surface area contributed by atoms with Crippen molar-refractivity contribution >= 4 is 11.9 Å². The minimum atomic E-state index is -0.799. The molecule has 5 nitrogen and oxygen atoms in total. The molecular weight excluding hydrogens is 256 g/mol. The molecule has 1 aromatic heterocycles. The van der Waals surface area contributed by atoms with Crippen LogP contribution in [0.25, 0.3) is 0 Å². The Morgan fingerprint density at radius 3 is 2.85 bits per heavy atom. The third-order valence-corrected chi connectivity index (χ3v) is 3.67. The Morgan fingerprint density at radius 1 is 1.35 bits per heavy atom. The van der Waals surface area contributed by atoms with Crippen molar-refractivity contribution in [3.8, 4) is 0 Å². The van der Waals surface area contributed by atoms with Gasteiger partial charge in [0.15, 0.2) is 0 Å². The lowest BCUT2D eigenvalue weighted by Crippen LogP contribution is -2.30. The van der Waals surface area contributed by atoms with Crippen molar-refractivity contribution in [2.24, 2.45) is 0 Å². The molecule has 1 amide bonds. The lowest BCUT2D eigenvalue weighted by Gasteiger charge is -2.24. The molecule has 0 saturated carbocycles. The number of carboxylic acid groups (broad SMARTS) is 1. The summed E-state index contributed by atoms with van der Waals surface area (Å²) < 4.78 is 0. The number of rotatable bonds is 6. The van der Waals surface area contributed by atoms with E-state index in [0.717, 1.165) is 24.9 Å². The van der Waals surface area contributed by atoms with Crippen molar-refractivity contribution in [2.75, 3.05) is 6.54 Å². The van der Waals surface area contributed by atoms with Gasteiger partial charge in [-0.15, -0.1) is 0 Å². The summed E-state index contributed by atoms with van der Waals surface area (Å²) >= 11 is 0. The fourth-order valence-electron chi connectivity index (χ4n) is 2.68. The summed E-state index contributed by atoms with van der Waals surface area (Å²) in [6.45, 7) is 0.789. The normalized spacial score (nSPS) is 18.2. The highest BCUT2D eigenvalue weighted by Gasteiger charge is 2.29. The first-order valence-corrected chi connectivity index (χ1v) is 7.09. The van der Waals surface area contributed by atoms with Gasteiger partial charge in [0.1, 0.15) is 0 Å². The number of nitrogens with zero attached hydrogens (tertiary/aromatic N) is 2. The van der Waals surface area contributed by atoms with Crippen molar-refractivity contribution < 1.29 is 14.7 Å². The van der Waals surface area contributed by atoms with Crippen molar-refractivity contribution in [2.45, 2.75) is 44.6 Å². The highest BCUT2D eigenvalue weighted by atomic mass is 16.4. The molecule has 0 aromatic carbocycles. The van der Waals surface area contributed by atoms with Crippen LogP contribution >= 0.6 is 0 Å². The van der Waals surface area contributed by atoms with Crippen molar-refractivity contribution in [3.63, 3.8) is 0 Å². The minimum Gasteiger partial charge on any atom is -0.481 e. The van der Waals surface area contributed by atoms with Gasteiger partial charge in [0.2, 0.25) is 5.91 Å². The van der Waals surface area contributed by atoms with Gasteiger partial charge in [0.05, 0.1) is 6.04 Å². The molecule has 1 aliphatic rings. The number of aliphatic carboxylic acids is 1. The number of hydrogen-bond acceptors (Lipinski definition) is 3. The average molecular weight is 276 g/mol. The number of likely N-dealkylation sites (tertiary alicyclic amines) is 1. The van der Waals surface area contributed by atoms with Gasteiger partial charge in [-0.25, -0.2) is 0 Å². The monoisotopic (exact) mass is 276 g/mol. The van der Waals surface area contributed by atoms with E-state index in [-0.39, 0.29) is 18.4 Å². The smallest absolute Gasteiger partial charge is 0.303 e. The average Bonchev–Trinajstić information content (AvgIpc) is 2.93. The summed E-state index contributed by atoms with van der Waals surface area (Å²) in [5.41, 5.74) is 1.09. The van der Waals surface area contributed by atoms with Crippen LogP contribution in [0.15, 0.2) is 24.5 Å². The topological polar surface area (TPSA) is 70.5 Å². The summed E-state index contributed by atoms with van der Waals surface area (Å²) in [6.07, 6.45) is 7.32. The molecule has 5 heteroatoms. The van der Waals surface area contributed by atoms with Crippen molar-refractivity contribution in [1.82, 2.24) is 9.88 Å². The molecule has 1 N–H and O–H groups in total. The van der Waals surface area contributed by atoms with Gasteiger partial charge in [0.25, 0.3) is 0 Å². The fraction of sp³-hybridized carbons (Fsp3) is 0.533. The number of carbonyl (C=O) groups excluding carboxylic acids is 1. The van der Waals surface area contributed by atoms with E-state index in [0.29, 0.717) is 19.3 Å². The number of unbranched alkanes of at least 4 members (excludes halogenated alkanes) is 1. The summed E-state index contributed by atoms with van der Waals surface area (Å²) in [5, 5.41) is 8.58. The number of carboxylic acids is 1. The van der Waals surface area contributed by atoms with E-state index in [2.05, 4.69) is 4.98 Å². The molecule has 1 unspecified atom stereocenters. The van der Waals surface area contributed by atoms with Gasteiger partial charge >= 0.3 is 5.97 Å². The lowest BCUT2D eigenvalue weighted by atomic mass is 10.1. The van der Waals surface area contributed by atoms with E-state index in [9.17, 15) is 9.59 Å². The molecule has 20 heavy (non-hydrogen) atoms. The largest absolute Gasteiger partial charge is 0.481 e. The number of aromatic nitrogens is 1. The summed E-state index contributed by atoms with van der Waals surface area (Å²) in [7, 11) is 0. The molecule has 0 aliphatic carbocycles. The maximum absolute atomic E-state index is 12.2. The zero-order chi connectivity index (χ0) is 14.4. The zero-order valence-corrected chi connectivity index (χ0v) is 11.5. The molecule has 0 bridgehead atoms. The van der Waals surface area contributed by atoms with Crippen LogP contribution in [0.4, 0.5) is 0 Å². The number of carbonyl (C=O) groups is 2. The van der Waals surface area contributed by atoms with Crippen LogP contribution in [0.2, 0.25) is 0 Å². The Kier molecular flexibility index (Phi) is 5.09. The van der Waals surface area contributed by atoms with Crippen LogP contribution in [0.5, 0.6) is 0 Å². The molecule has 2 rings (SSSR count). The van der Waals surface area contributed by atoms with Crippen molar-refractivity contribution in [3.05, 3.63) is 30.1 Å². The third kappa shape index (κ3) is 3.79. The van der Waals surface area contributed by atoms with Crippen LogP contribution < -0.4 is 0 Å². The molecule has 2 heterocycles. The van der Waals surface area contributed by atoms with Gasteiger partial charge in [0, 0.05) is 31.8 Å². The highest BCUT2D eigenvalue weighted by molar-refractivity contribution is 5.77. The maximum atomic E-state index is 12.2. The standard InChI is InChI=1S/C15H20N2O3/c18-14(7-1-2-8-15(19)20)17-10-4-6-13(17)12-5-3-9-16-11-12/h3,5,9,11,13H,1-2,4,6-8,10H2,(H,19,20). The van der Waals surface area contributed by atoms with E-state index in [1.807, 2.05) is 23.2 Å². The van der Waals surface area contributed by atoms with Crippen molar-refractivity contribution in [1.29, 1.82) is 0 Å². The number of hydrogen-bond donors (Lipinski definition) is 1. The summed E-state index contributed by atoms with van der Waals surface area (Å²) in [4.78, 5) is 28.7. The van der Waals surface area contributed by atoms with Crippen LogP contribution in [0.1, 0.15) is 50.1 Å². The van der Waals surface area contributed by atoms with Crippen LogP contribution in [-0.4, -0.2) is 33.4 Å². The van der Waals surface area contributed by atoms with Crippen LogP contribution in [-0.2, 0) is 9.59 Å². The van der Waals surface area contributed by atoms with E-state index in [1.54, 1.807) is 6.20 Å². The molecule has 0 radical (unpaired) electrons.